The van der Waals surface area contributed by atoms with Gasteiger partial charge in [-0.05, 0) is 27.2 Å². The highest BCUT2D eigenvalue weighted by Gasteiger charge is 2.04. The predicted octanol–water partition coefficient (Wildman–Crippen LogP) is 2.31. The normalized spacial score (nSPS) is 13.5. The van der Waals surface area contributed by atoms with Crippen LogP contribution in [0.25, 0.3) is 0 Å². The van der Waals surface area contributed by atoms with Crippen LogP contribution in [-0.4, -0.2) is 23.5 Å². The maximum atomic E-state index is 4.57. The van der Waals surface area contributed by atoms with E-state index in [1.54, 1.807) is 11.3 Å². The summed E-state index contributed by atoms with van der Waals surface area (Å²) in [5, 5.41) is 6.63. The Morgan fingerprint density at radius 1 is 1.53 bits per heavy atom. The number of aryl methyl sites for hydroxylation is 1. The van der Waals surface area contributed by atoms with E-state index < -0.39 is 0 Å². The molecular formula is C12H22N4S. The lowest BCUT2D eigenvalue weighted by atomic mass is 10.3. The average molecular weight is 254 g/mol. The van der Waals surface area contributed by atoms with Gasteiger partial charge >= 0.3 is 0 Å². The lowest BCUT2D eigenvalue weighted by molar-refractivity contribution is 0.624. The van der Waals surface area contributed by atoms with Crippen molar-refractivity contribution in [3.63, 3.8) is 0 Å². The predicted molar refractivity (Wildman–Crippen MR) is 74.6 cm³/mol. The Morgan fingerprint density at radius 2 is 2.29 bits per heavy atom. The first-order valence-electron chi connectivity index (χ1n) is 6.11. The molecule has 0 saturated carbocycles. The van der Waals surface area contributed by atoms with Gasteiger partial charge in [0.15, 0.2) is 5.96 Å². The van der Waals surface area contributed by atoms with Gasteiger partial charge in [-0.3, -0.25) is 0 Å². The van der Waals surface area contributed by atoms with E-state index in [9.17, 15) is 0 Å². The van der Waals surface area contributed by atoms with Crippen LogP contribution in [0.15, 0.2) is 10.5 Å². The summed E-state index contributed by atoms with van der Waals surface area (Å²) in [5.41, 5.74) is 2.95. The number of aromatic nitrogens is 1. The van der Waals surface area contributed by atoms with Gasteiger partial charge < -0.3 is 10.6 Å². The van der Waals surface area contributed by atoms with Crippen LogP contribution in [0.4, 0.5) is 0 Å². The Kier molecular flexibility index (Phi) is 5.97. The molecule has 0 aliphatic rings. The molecule has 0 aromatic carbocycles. The molecule has 1 unspecified atom stereocenters. The average Bonchev–Trinajstić information content (AvgIpc) is 2.72. The second-order valence-electron chi connectivity index (χ2n) is 4.01. The van der Waals surface area contributed by atoms with E-state index in [1.807, 2.05) is 12.4 Å². The van der Waals surface area contributed by atoms with Gasteiger partial charge in [0.25, 0.3) is 0 Å². The Bertz CT molecular complexity index is 359. The van der Waals surface area contributed by atoms with Crippen molar-refractivity contribution in [1.29, 1.82) is 0 Å². The van der Waals surface area contributed by atoms with Gasteiger partial charge in [0.05, 0.1) is 17.7 Å². The zero-order chi connectivity index (χ0) is 12.7. The molecule has 0 spiro atoms. The number of thiazole rings is 1. The molecule has 0 saturated heterocycles. The van der Waals surface area contributed by atoms with E-state index in [4.69, 9.17) is 0 Å². The van der Waals surface area contributed by atoms with Crippen molar-refractivity contribution in [3.8, 4) is 0 Å². The molecule has 17 heavy (non-hydrogen) atoms. The van der Waals surface area contributed by atoms with Gasteiger partial charge in [0.1, 0.15) is 0 Å². The Labute approximate surface area is 108 Å². The molecule has 1 heterocycles. The van der Waals surface area contributed by atoms with Crippen LogP contribution in [0.2, 0.25) is 0 Å². The van der Waals surface area contributed by atoms with Crippen molar-refractivity contribution >= 4 is 17.3 Å². The number of rotatable bonds is 5. The van der Waals surface area contributed by atoms with E-state index in [0.29, 0.717) is 12.6 Å². The molecule has 0 amide bonds. The minimum absolute atomic E-state index is 0.440. The molecule has 4 nitrogen and oxygen atoms in total. The number of aliphatic imine (C=N–C) groups is 1. The number of hydrogen-bond acceptors (Lipinski definition) is 3. The first kappa shape index (κ1) is 14.0. The van der Waals surface area contributed by atoms with Gasteiger partial charge in [-0.25, -0.2) is 9.98 Å². The summed E-state index contributed by atoms with van der Waals surface area (Å²) in [4.78, 5) is 10.0. The third-order valence-corrected chi connectivity index (χ3v) is 3.49. The maximum absolute atomic E-state index is 4.57. The highest BCUT2D eigenvalue weighted by Crippen LogP contribution is 2.12. The molecule has 0 fully saturated rings. The summed E-state index contributed by atoms with van der Waals surface area (Å²) in [5.74, 6) is 0.884. The fourth-order valence-corrected chi connectivity index (χ4v) is 1.98. The monoisotopic (exact) mass is 254 g/mol. The largest absolute Gasteiger partial charge is 0.357 e. The van der Waals surface area contributed by atoms with Gasteiger partial charge in [0.2, 0.25) is 0 Å². The highest BCUT2D eigenvalue weighted by molar-refractivity contribution is 7.09. The highest BCUT2D eigenvalue weighted by atomic mass is 32.1. The summed E-state index contributed by atoms with van der Waals surface area (Å²) in [6.07, 6.45) is 1.09. The maximum Gasteiger partial charge on any atom is 0.191 e. The number of nitrogens with zero attached hydrogens (tertiary/aromatic N) is 2. The smallest absolute Gasteiger partial charge is 0.191 e. The minimum atomic E-state index is 0.440. The van der Waals surface area contributed by atoms with Crippen molar-refractivity contribution in [2.24, 2.45) is 4.99 Å². The van der Waals surface area contributed by atoms with Crippen molar-refractivity contribution in [2.45, 2.75) is 46.7 Å². The molecule has 0 bridgehead atoms. The summed E-state index contributed by atoms with van der Waals surface area (Å²) in [6.45, 7) is 9.99. The molecule has 5 heteroatoms. The lowest BCUT2D eigenvalue weighted by Gasteiger charge is -2.15. The second kappa shape index (κ2) is 7.27. The summed E-state index contributed by atoms with van der Waals surface area (Å²) < 4.78 is 0. The zero-order valence-electron chi connectivity index (χ0n) is 11.1. The number of nitrogens with one attached hydrogen (secondary N) is 2. The minimum Gasteiger partial charge on any atom is -0.357 e. The van der Waals surface area contributed by atoms with Crippen LogP contribution in [0.5, 0.6) is 0 Å². The molecule has 96 valence electrons. The van der Waals surface area contributed by atoms with Crippen LogP contribution < -0.4 is 10.6 Å². The Balaban J connectivity index is 2.60. The van der Waals surface area contributed by atoms with E-state index in [1.165, 1.54) is 4.88 Å². The third kappa shape index (κ3) is 4.73. The molecular weight excluding hydrogens is 232 g/mol. The molecule has 1 atom stereocenters. The molecule has 1 rings (SSSR count). The van der Waals surface area contributed by atoms with Crippen LogP contribution in [0.1, 0.15) is 37.8 Å². The van der Waals surface area contributed by atoms with Gasteiger partial charge in [-0.15, -0.1) is 11.3 Å². The van der Waals surface area contributed by atoms with E-state index in [2.05, 4.69) is 41.4 Å². The number of hydrogen-bond donors (Lipinski definition) is 2. The van der Waals surface area contributed by atoms with Crippen LogP contribution in [-0.2, 0) is 6.54 Å². The molecule has 1 aromatic heterocycles. The SMILES string of the molecule is CCNC(=NCc1scnc1C)NC(C)CC. The Hall–Kier alpha value is -1.10. The summed E-state index contributed by atoms with van der Waals surface area (Å²) in [7, 11) is 0. The first-order chi connectivity index (χ1) is 8.17. The summed E-state index contributed by atoms with van der Waals surface area (Å²) >= 11 is 1.66. The van der Waals surface area contributed by atoms with Crippen molar-refractivity contribution in [2.75, 3.05) is 6.54 Å². The van der Waals surface area contributed by atoms with Crippen LogP contribution in [0, 0.1) is 6.92 Å². The molecule has 2 N–H and O–H groups in total. The standard InChI is InChI=1S/C12H22N4S/c1-5-9(3)16-12(13-6-2)14-7-11-10(4)15-8-17-11/h8-9H,5-7H2,1-4H3,(H2,13,14,16). The van der Waals surface area contributed by atoms with Crippen molar-refractivity contribution < 1.29 is 0 Å². The fourth-order valence-electron chi connectivity index (χ4n) is 1.28. The molecule has 0 aliphatic carbocycles. The topological polar surface area (TPSA) is 49.3 Å². The summed E-state index contributed by atoms with van der Waals surface area (Å²) in [6, 6.07) is 0.440. The fraction of sp³-hybridized carbons (Fsp3) is 0.667. The van der Waals surface area contributed by atoms with Crippen molar-refractivity contribution in [1.82, 2.24) is 15.6 Å². The first-order valence-corrected chi connectivity index (χ1v) is 6.99. The third-order valence-electron chi connectivity index (χ3n) is 2.57. The van der Waals surface area contributed by atoms with E-state index >= 15 is 0 Å². The lowest BCUT2D eigenvalue weighted by Crippen LogP contribution is -2.41. The van der Waals surface area contributed by atoms with Gasteiger partial charge in [0, 0.05) is 17.5 Å². The van der Waals surface area contributed by atoms with Crippen LogP contribution in [0.3, 0.4) is 0 Å². The number of guanidine groups is 1. The second-order valence-corrected chi connectivity index (χ2v) is 4.95. The molecule has 0 radical (unpaired) electrons. The van der Waals surface area contributed by atoms with Crippen LogP contribution >= 0.6 is 11.3 Å². The van der Waals surface area contributed by atoms with Gasteiger partial charge in [-0.2, -0.15) is 0 Å². The molecule has 0 aliphatic heterocycles. The molecule has 1 aromatic rings. The van der Waals surface area contributed by atoms with Gasteiger partial charge in [-0.1, -0.05) is 6.92 Å². The van der Waals surface area contributed by atoms with E-state index in [-0.39, 0.29) is 0 Å². The zero-order valence-corrected chi connectivity index (χ0v) is 11.9. The van der Waals surface area contributed by atoms with Crippen molar-refractivity contribution in [3.05, 3.63) is 16.1 Å². The Morgan fingerprint density at radius 3 is 2.82 bits per heavy atom. The van der Waals surface area contributed by atoms with E-state index in [0.717, 1.165) is 24.6 Å². The quantitative estimate of drug-likeness (QED) is 0.626.